The number of ether oxygens (including phenoxy) is 1. The molecule has 0 saturated heterocycles. The van der Waals surface area contributed by atoms with Gasteiger partial charge in [-0.1, -0.05) is 13.8 Å². The van der Waals surface area contributed by atoms with Crippen molar-refractivity contribution in [3.63, 3.8) is 0 Å². The van der Waals surface area contributed by atoms with Crippen molar-refractivity contribution in [3.05, 3.63) is 12.3 Å². The molecule has 1 aromatic rings. The molecule has 1 rings (SSSR count). The summed E-state index contributed by atoms with van der Waals surface area (Å²) < 4.78 is 5.44. The molecule has 0 fully saturated rings. The second-order valence-electron chi connectivity index (χ2n) is 4.06. The van der Waals surface area contributed by atoms with Crippen LogP contribution in [-0.2, 0) is 4.74 Å². The Bertz CT molecular complexity index is 331. The fourth-order valence-electron chi connectivity index (χ4n) is 1.34. The van der Waals surface area contributed by atoms with E-state index in [2.05, 4.69) is 34.6 Å². The summed E-state index contributed by atoms with van der Waals surface area (Å²) in [6.45, 7) is 7.63. The molecule has 6 heteroatoms. The highest BCUT2D eigenvalue weighted by Crippen LogP contribution is 2.11. The molecule has 0 amide bonds. The summed E-state index contributed by atoms with van der Waals surface area (Å²) in [6, 6.07) is 2.03. The number of aromatic nitrogens is 2. The molecule has 0 aliphatic rings. The third-order valence-corrected chi connectivity index (χ3v) is 2.42. The van der Waals surface area contributed by atoms with Gasteiger partial charge >= 0.3 is 0 Å². The Balaban J connectivity index is 2.64. The summed E-state index contributed by atoms with van der Waals surface area (Å²) in [5.41, 5.74) is 2.42. The molecule has 0 saturated carbocycles. The predicted molar refractivity (Wildman–Crippen MR) is 68.6 cm³/mol. The minimum atomic E-state index is 0.218. The maximum absolute atomic E-state index is 5.44. The number of anilines is 2. The molecular formula is C11H21N5O. The zero-order valence-electron chi connectivity index (χ0n) is 10.6. The van der Waals surface area contributed by atoms with Gasteiger partial charge in [-0.2, -0.15) is 4.98 Å². The van der Waals surface area contributed by atoms with E-state index in [-0.39, 0.29) is 6.04 Å². The first-order chi connectivity index (χ1) is 8.17. The highest BCUT2D eigenvalue weighted by atomic mass is 16.5. The van der Waals surface area contributed by atoms with Gasteiger partial charge in [0.2, 0.25) is 5.95 Å². The fourth-order valence-corrected chi connectivity index (χ4v) is 1.34. The Morgan fingerprint density at radius 3 is 2.82 bits per heavy atom. The first-order valence-electron chi connectivity index (χ1n) is 5.81. The second-order valence-corrected chi connectivity index (χ2v) is 4.06. The number of nitrogens with one attached hydrogen (secondary N) is 2. The minimum absolute atomic E-state index is 0.218. The van der Waals surface area contributed by atoms with Crippen molar-refractivity contribution >= 4 is 11.8 Å². The molecule has 1 heterocycles. The number of nitrogens with zero attached hydrogens (tertiary/aromatic N) is 2. The lowest BCUT2D eigenvalue weighted by molar-refractivity contribution is 0.126. The maximum atomic E-state index is 5.44. The highest BCUT2D eigenvalue weighted by Gasteiger charge is 2.13. The van der Waals surface area contributed by atoms with Crippen LogP contribution in [0.2, 0.25) is 0 Å². The third-order valence-electron chi connectivity index (χ3n) is 2.42. The van der Waals surface area contributed by atoms with Gasteiger partial charge in [0.25, 0.3) is 0 Å². The van der Waals surface area contributed by atoms with Crippen LogP contribution in [0.25, 0.3) is 0 Å². The molecule has 0 aliphatic heterocycles. The Hall–Kier alpha value is -1.40. The summed E-state index contributed by atoms with van der Waals surface area (Å²) in [6.07, 6.45) is 1.66. The number of hydrogen-bond acceptors (Lipinski definition) is 6. The zero-order chi connectivity index (χ0) is 12.7. The van der Waals surface area contributed by atoms with Crippen LogP contribution in [0.4, 0.5) is 11.8 Å². The summed E-state index contributed by atoms with van der Waals surface area (Å²) >= 11 is 0. The normalized spacial score (nSPS) is 12.5. The van der Waals surface area contributed by atoms with Gasteiger partial charge in [0, 0.05) is 12.8 Å². The molecule has 6 nitrogen and oxygen atoms in total. The van der Waals surface area contributed by atoms with Crippen LogP contribution in [0.1, 0.15) is 20.8 Å². The van der Waals surface area contributed by atoms with Crippen LogP contribution >= 0.6 is 0 Å². The van der Waals surface area contributed by atoms with Gasteiger partial charge in [-0.15, -0.1) is 0 Å². The van der Waals surface area contributed by atoms with Crippen LogP contribution in [0.3, 0.4) is 0 Å². The topological polar surface area (TPSA) is 85.1 Å². The number of rotatable bonds is 7. The van der Waals surface area contributed by atoms with Crippen LogP contribution in [0, 0.1) is 5.92 Å². The van der Waals surface area contributed by atoms with Crippen LogP contribution in [0.5, 0.6) is 0 Å². The van der Waals surface area contributed by atoms with Gasteiger partial charge in [-0.3, -0.25) is 5.43 Å². The molecular weight excluding hydrogens is 218 g/mol. The van der Waals surface area contributed by atoms with Gasteiger partial charge in [-0.05, 0) is 18.9 Å². The van der Waals surface area contributed by atoms with E-state index in [4.69, 9.17) is 10.6 Å². The Labute approximate surface area is 102 Å². The van der Waals surface area contributed by atoms with Crippen molar-refractivity contribution in [1.29, 1.82) is 0 Å². The van der Waals surface area contributed by atoms with E-state index >= 15 is 0 Å². The molecule has 0 radical (unpaired) electrons. The van der Waals surface area contributed by atoms with Crippen molar-refractivity contribution in [2.45, 2.75) is 26.8 Å². The number of nitrogen functional groups attached to an aromatic ring is 1. The predicted octanol–water partition coefficient (Wildman–Crippen LogP) is 1.24. The van der Waals surface area contributed by atoms with Gasteiger partial charge in [-0.25, -0.2) is 10.8 Å². The van der Waals surface area contributed by atoms with Crippen LogP contribution < -0.4 is 16.6 Å². The number of nitrogens with two attached hydrogens (primary N) is 1. The van der Waals surface area contributed by atoms with Gasteiger partial charge in [0.15, 0.2) is 0 Å². The monoisotopic (exact) mass is 239 g/mol. The van der Waals surface area contributed by atoms with Crippen molar-refractivity contribution in [3.8, 4) is 0 Å². The van der Waals surface area contributed by atoms with E-state index in [1.54, 1.807) is 6.20 Å². The lowest BCUT2D eigenvalue weighted by atomic mass is 10.1. The minimum Gasteiger partial charge on any atom is -0.380 e. The molecule has 0 bridgehead atoms. The fraction of sp³-hybridized carbons (Fsp3) is 0.636. The summed E-state index contributed by atoms with van der Waals surface area (Å²) in [4.78, 5) is 8.16. The molecule has 0 spiro atoms. The average Bonchev–Trinajstić information content (AvgIpc) is 2.34. The average molecular weight is 239 g/mol. The van der Waals surface area contributed by atoms with Crippen molar-refractivity contribution in [2.24, 2.45) is 11.8 Å². The van der Waals surface area contributed by atoms with Crippen molar-refractivity contribution in [2.75, 3.05) is 24.0 Å². The van der Waals surface area contributed by atoms with Crippen molar-refractivity contribution in [1.82, 2.24) is 9.97 Å². The number of hydrogen-bond donors (Lipinski definition) is 3. The molecule has 1 atom stereocenters. The summed E-state index contributed by atoms with van der Waals surface area (Å²) in [7, 11) is 0. The molecule has 17 heavy (non-hydrogen) atoms. The zero-order valence-corrected chi connectivity index (χ0v) is 10.6. The second kappa shape index (κ2) is 7.03. The Kier molecular flexibility index (Phi) is 5.65. The van der Waals surface area contributed by atoms with E-state index in [1.807, 2.05) is 13.0 Å². The first kappa shape index (κ1) is 13.7. The molecule has 1 unspecified atom stereocenters. The Morgan fingerprint density at radius 1 is 1.47 bits per heavy atom. The lowest BCUT2D eigenvalue weighted by Crippen LogP contribution is -2.31. The van der Waals surface area contributed by atoms with E-state index in [1.165, 1.54) is 0 Å². The van der Waals surface area contributed by atoms with E-state index < -0.39 is 0 Å². The molecule has 96 valence electrons. The standard InChI is InChI=1S/C11H21N5O/c1-4-17-7-9(8(2)3)14-10-5-6-13-11(15-10)16-12/h5-6,8-9H,4,7,12H2,1-3H3,(H2,13,14,15,16). The van der Waals surface area contributed by atoms with Crippen LogP contribution in [-0.4, -0.2) is 29.2 Å². The molecule has 0 aliphatic carbocycles. The molecule has 1 aromatic heterocycles. The largest absolute Gasteiger partial charge is 0.380 e. The molecule has 0 aromatic carbocycles. The molecule has 4 N–H and O–H groups in total. The van der Waals surface area contributed by atoms with E-state index in [0.29, 0.717) is 25.1 Å². The lowest BCUT2D eigenvalue weighted by Gasteiger charge is -2.22. The van der Waals surface area contributed by atoms with E-state index in [9.17, 15) is 0 Å². The first-order valence-corrected chi connectivity index (χ1v) is 5.81. The van der Waals surface area contributed by atoms with Gasteiger partial charge < -0.3 is 10.1 Å². The van der Waals surface area contributed by atoms with Crippen molar-refractivity contribution < 1.29 is 4.74 Å². The smallest absolute Gasteiger partial charge is 0.239 e. The quantitative estimate of drug-likeness (QED) is 0.490. The maximum Gasteiger partial charge on any atom is 0.239 e. The highest BCUT2D eigenvalue weighted by molar-refractivity contribution is 5.39. The van der Waals surface area contributed by atoms with Gasteiger partial charge in [0.1, 0.15) is 5.82 Å². The third kappa shape index (κ3) is 4.54. The Morgan fingerprint density at radius 2 is 2.24 bits per heavy atom. The van der Waals surface area contributed by atoms with Crippen LogP contribution in [0.15, 0.2) is 12.3 Å². The summed E-state index contributed by atoms with van der Waals surface area (Å²) in [5, 5.41) is 3.32. The van der Waals surface area contributed by atoms with Gasteiger partial charge in [0.05, 0.1) is 12.6 Å². The summed E-state index contributed by atoms with van der Waals surface area (Å²) in [5.74, 6) is 6.85. The van der Waals surface area contributed by atoms with E-state index in [0.717, 1.165) is 5.82 Å². The SMILES string of the molecule is CCOCC(Nc1ccnc(NN)n1)C(C)C. The number of hydrazine groups is 1.